The molecule has 0 unspecified atom stereocenters. The molecule has 0 spiro atoms. The first-order valence-electron chi connectivity index (χ1n) is 3.65. The van der Waals surface area contributed by atoms with E-state index in [1.807, 2.05) is 0 Å². The highest BCUT2D eigenvalue weighted by molar-refractivity contribution is 9.08. The molecule has 14 heavy (non-hydrogen) atoms. The number of carbonyl (C=O) groups is 1. The summed E-state index contributed by atoms with van der Waals surface area (Å²) in [6, 6.07) is 0.862. The molecular formula is C8H6BrF2NO2. The SMILES string of the molecule is O=Cc1cc(=O)c(C(F)F)c(CBr)[nH]1. The van der Waals surface area contributed by atoms with E-state index in [1.165, 1.54) is 0 Å². The predicted molar refractivity (Wildman–Crippen MR) is 50.0 cm³/mol. The summed E-state index contributed by atoms with van der Waals surface area (Å²) in [7, 11) is 0. The summed E-state index contributed by atoms with van der Waals surface area (Å²) in [5.74, 6) is 0. The van der Waals surface area contributed by atoms with Gasteiger partial charge in [-0.25, -0.2) is 8.78 Å². The molecule has 6 heteroatoms. The van der Waals surface area contributed by atoms with E-state index >= 15 is 0 Å². The number of nitrogens with one attached hydrogen (secondary N) is 1. The van der Waals surface area contributed by atoms with Gasteiger partial charge in [0.2, 0.25) is 0 Å². The standard InChI is InChI=1S/C8H6BrF2NO2/c9-2-5-7(8(10)11)6(14)1-4(3-13)12-5/h1,3,8H,2H2,(H,12,14). The first-order chi connectivity index (χ1) is 6.60. The quantitative estimate of drug-likeness (QED) is 0.672. The molecule has 0 aliphatic rings. The molecule has 0 aliphatic carbocycles. The molecule has 0 bridgehead atoms. The largest absolute Gasteiger partial charge is 0.355 e. The zero-order valence-corrected chi connectivity index (χ0v) is 8.48. The van der Waals surface area contributed by atoms with Crippen LogP contribution in [-0.4, -0.2) is 11.3 Å². The van der Waals surface area contributed by atoms with Crippen molar-refractivity contribution in [3.8, 4) is 0 Å². The molecule has 0 amide bonds. The van der Waals surface area contributed by atoms with E-state index in [0.29, 0.717) is 6.29 Å². The maximum Gasteiger partial charge on any atom is 0.269 e. The van der Waals surface area contributed by atoms with E-state index < -0.39 is 17.4 Å². The number of hydrogen-bond acceptors (Lipinski definition) is 2. The van der Waals surface area contributed by atoms with Gasteiger partial charge in [0.1, 0.15) is 0 Å². The second-order valence-electron chi connectivity index (χ2n) is 2.53. The number of rotatable bonds is 3. The number of aromatic amines is 1. The lowest BCUT2D eigenvalue weighted by Crippen LogP contribution is -2.15. The van der Waals surface area contributed by atoms with Gasteiger partial charge >= 0.3 is 0 Å². The van der Waals surface area contributed by atoms with Crippen LogP contribution in [0.25, 0.3) is 0 Å². The average molecular weight is 266 g/mol. The maximum atomic E-state index is 12.4. The van der Waals surface area contributed by atoms with Gasteiger partial charge in [-0.15, -0.1) is 0 Å². The highest BCUT2D eigenvalue weighted by atomic mass is 79.9. The molecule has 0 atom stereocenters. The van der Waals surface area contributed by atoms with Gasteiger partial charge < -0.3 is 4.98 Å². The van der Waals surface area contributed by atoms with Crippen molar-refractivity contribution in [1.29, 1.82) is 0 Å². The molecule has 0 fully saturated rings. The van der Waals surface area contributed by atoms with Crippen molar-refractivity contribution in [3.05, 3.63) is 33.2 Å². The van der Waals surface area contributed by atoms with Crippen LogP contribution < -0.4 is 5.43 Å². The Bertz CT molecular complexity index is 403. The van der Waals surface area contributed by atoms with Crippen LogP contribution in [0.4, 0.5) is 8.78 Å². The third-order valence-corrected chi connectivity index (χ3v) is 2.21. The lowest BCUT2D eigenvalue weighted by molar-refractivity contribution is 0.111. The molecule has 0 saturated carbocycles. The minimum atomic E-state index is -2.84. The third-order valence-electron chi connectivity index (χ3n) is 1.65. The van der Waals surface area contributed by atoms with Gasteiger partial charge in [0.25, 0.3) is 6.43 Å². The summed E-state index contributed by atoms with van der Waals surface area (Å²) in [5.41, 5.74) is -1.38. The highest BCUT2D eigenvalue weighted by Crippen LogP contribution is 2.19. The zero-order chi connectivity index (χ0) is 10.7. The number of aromatic nitrogens is 1. The summed E-state index contributed by atoms with van der Waals surface area (Å²) in [4.78, 5) is 23.9. The third kappa shape index (κ3) is 2.06. The van der Waals surface area contributed by atoms with Gasteiger partial charge in [0, 0.05) is 17.1 Å². The molecule has 0 saturated heterocycles. The number of aldehydes is 1. The van der Waals surface area contributed by atoms with E-state index in [2.05, 4.69) is 20.9 Å². The zero-order valence-electron chi connectivity index (χ0n) is 6.89. The van der Waals surface area contributed by atoms with Crippen molar-refractivity contribution in [2.75, 3.05) is 0 Å². The Morgan fingerprint density at radius 2 is 2.21 bits per heavy atom. The summed E-state index contributed by atoms with van der Waals surface area (Å²) in [6.45, 7) is 0. The van der Waals surface area contributed by atoms with Gasteiger partial charge in [-0.1, -0.05) is 15.9 Å². The molecule has 1 rings (SSSR count). The Balaban J connectivity index is 3.42. The summed E-state index contributed by atoms with van der Waals surface area (Å²) in [5, 5.41) is 0.0730. The molecule has 0 radical (unpaired) electrons. The fraction of sp³-hybridized carbons (Fsp3) is 0.250. The average Bonchev–Trinajstić information content (AvgIpc) is 2.15. The van der Waals surface area contributed by atoms with Crippen molar-refractivity contribution in [1.82, 2.24) is 4.98 Å². The van der Waals surface area contributed by atoms with Crippen molar-refractivity contribution in [2.45, 2.75) is 11.8 Å². The van der Waals surface area contributed by atoms with Crippen LogP contribution in [0.3, 0.4) is 0 Å². The Labute approximate surface area is 86.3 Å². The van der Waals surface area contributed by atoms with Gasteiger partial charge in [0.15, 0.2) is 11.7 Å². The van der Waals surface area contributed by atoms with Gasteiger partial charge in [-0.2, -0.15) is 0 Å². The number of halogens is 3. The van der Waals surface area contributed by atoms with Gasteiger partial charge in [-0.3, -0.25) is 9.59 Å². The fourth-order valence-electron chi connectivity index (χ4n) is 1.05. The molecule has 0 aliphatic heterocycles. The Kier molecular flexibility index (Phi) is 3.51. The van der Waals surface area contributed by atoms with E-state index in [-0.39, 0.29) is 16.7 Å². The van der Waals surface area contributed by atoms with Crippen LogP contribution in [0, 0.1) is 0 Å². The highest BCUT2D eigenvalue weighted by Gasteiger charge is 2.17. The molecule has 3 nitrogen and oxygen atoms in total. The van der Waals surface area contributed by atoms with Crippen molar-refractivity contribution >= 4 is 22.2 Å². The molecule has 1 aromatic heterocycles. The molecule has 1 N–H and O–H groups in total. The number of carbonyl (C=O) groups excluding carboxylic acids is 1. The first-order valence-corrected chi connectivity index (χ1v) is 4.77. The summed E-state index contributed by atoms with van der Waals surface area (Å²) >= 11 is 2.95. The van der Waals surface area contributed by atoms with Gasteiger partial charge in [0.05, 0.1) is 11.3 Å². The maximum absolute atomic E-state index is 12.4. The molecule has 1 aromatic rings. The van der Waals surface area contributed by atoms with Crippen molar-refractivity contribution in [3.63, 3.8) is 0 Å². The fourth-order valence-corrected chi connectivity index (χ4v) is 1.50. The number of pyridine rings is 1. The molecule has 76 valence electrons. The number of alkyl halides is 3. The second kappa shape index (κ2) is 4.45. The van der Waals surface area contributed by atoms with Crippen LogP contribution in [-0.2, 0) is 5.33 Å². The molecule has 1 heterocycles. The smallest absolute Gasteiger partial charge is 0.269 e. The minimum absolute atomic E-state index is 0.00569. The van der Waals surface area contributed by atoms with Gasteiger partial charge in [-0.05, 0) is 0 Å². The van der Waals surface area contributed by atoms with Crippen LogP contribution in [0.15, 0.2) is 10.9 Å². The lowest BCUT2D eigenvalue weighted by Gasteiger charge is -2.05. The van der Waals surface area contributed by atoms with Crippen molar-refractivity contribution < 1.29 is 13.6 Å². The Hall–Kier alpha value is -1.04. The van der Waals surface area contributed by atoms with E-state index in [0.717, 1.165) is 6.07 Å². The van der Waals surface area contributed by atoms with E-state index in [9.17, 15) is 18.4 Å². The van der Waals surface area contributed by atoms with Crippen molar-refractivity contribution in [2.24, 2.45) is 0 Å². The molecular weight excluding hydrogens is 260 g/mol. The second-order valence-corrected chi connectivity index (χ2v) is 3.09. The Morgan fingerprint density at radius 1 is 1.57 bits per heavy atom. The monoisotopic (exact) mass is 265 g/mol. The van der Waals surface area contributed by atoms with Crippen LogP contribution >= 0.6 is 15.9 Å². The van der Waals surface area contributed by atoms with Crippen LogP contribution in [0.5, 0.6) is 0 Å². The first kappa shape index (κ1) is 11.0. The Morgan fingerprint density at radius 3 is 2.64 bits per heavy atom. The van der Waals surface area contributed by atoms with Crippen LogP contribution in [0.2, 0.25) is 0 Å². The number of hydrogen-bond donors (Lipinski definition) is 1. The van der Waals surface area contributed by atoms with Crippen LogP contribution in [0.1, 0.15) is 28.2 Å². The summed E-state index contributed by atoms with van der Waals surface area (Å²) in [6.07, 6.45) is -2.44. The normalized spacial score (nSPS) is 10.6. The molecule has 0 aromatic carbocycles. The van der Waals surface area contributed by atoms with E-state index in [1.54, 1.807) is 0 Å². The predicted octanol–water partition coefficient (Wildman–Crippen LogP) is 2.02. The summed E-state index contributed by atoms with van der Waals surface area (Å²) < 4.78 is 24.8. The lowest BCUT2D eigenvalue weighted by atomic mass is 10.2. The van der Waals surface area contributed by atoms with E-state index in [4.69, 9.17) is 0 Å². The topological polar surface area (TPSA) is 49.9 Å². The minimum Gasteiger partial charge on any atom is -0.355 e. The number of H-pyrrole nitrogens is 1.